The zero-order valence-corrected chi connectivity index (χ0v) is 12.1. The highest BCUT2D eigenvalue weighted by molar-refractivity contribution is 7.39. The highest BCUT2D eigenvalue weighted by Gasteiger charge is 2.57. The summed E-state index contributed by atoms with van der Waals surface area (Å²) in [6, 6.07) is 2.00. The fourth-order valence-corrected chi connectivity index (χ4v) is 4.95. The molecule has 1 aliphatic heterocycles. The number of nitrogens with zero attached hydrogens (tertiary/aromatic N) is 1. The van der Waals surface area contributed by atoms with E-state index in [1.165, 1.54) is 4.01 Å². The van der Waals surface area contributed by atoms with Crippen molar-refractivity contribution in [3.63, 3.8) is 0 Å². The number of rotatable bonds is 2. The molecule has 2 aromatic rings. The van der Waals surface area contributed by atoms with Gasteiger partial charge in [-0.05, 0) is 49.2 Å². The molecule has 1 saturated carbocycles. The van der Waals surface area contributed by atoms with Gasteiger partial charge in [-0.2, -0.15) is 0 Å². The normalized spacial score (nSPS) is 24.7. The Morgan fingerprint density at radius 2 is 2.32 bits per heavy atom. The van der Waals surface area contributed by atoms with Gasteiger partial charge in [-0.15, -0.1) is 11.3 Å². The maximum atomic E-state index is 12.3. The number of thiophene rings is 1. The summed E-state index contributed by atoms with van der Waals surface area (Å²) < 4.78 is 1.18. The van der Waals surface area contributed by atoms with Gasteiger partial charge in [-0.1, -0.05) is 11.3 Å². The standard InChI is InChI=1S/C13H15N3OS2/c17-10(8-7-13(8)2-4-14-5-3-13)16-12-15-9-1-6-18-11(9)19-12/h1,6,8,14H,2-5,7H2,(H,15,16,17). The quantitative estimate of drug-likeness (QED) is 0.895. The van der Waals surface area contributed by atoms with Crippen LogP contribution >= 0.6 is 22.7 Å². The van der Waals surface area contributed by atoms with Crippen molar-refractivity contribution in [2.24, 2.45) is 11.3 Å². The van der Waals surface area contributed by atoms with E-state index in [1.54, 1.807) is 22.7 Å². The lowest BCUT2D eigenvalue weighted by Gasteiger charge is -2.22. The number of carbonyl (C=O) groups excluding carboxylic acids is 1. The molecule has 1 aliphatic carbocycles. The van der Waals surface area contributed by atoms with Crippen molar-refractivity contribution in [1.82, 2.24) is 10.3 Å². The van der Waals surface area contributed by atoms with Crippen LogP contribution in [0.25, 0.3) is 9.53 Å². The Kier molecular flexibility index (Phi) is 2.65. The van der Waals surface area contributed by atoms with E-state index in [9.17, 15) is 4.79 Å². The van der Waals surface area contributed by atoms with Crippen LogP contribution in [0.1, 0.15) is 19.3 Å². The number of hydrogen-bond donors (Lipinski definition) is 2. The second kappa shape index (κ2) is 4.26. The number of nitrogens with one attached hydrogen (secondary N) is 2. The Morgan fingerprint density at radius 1 is 1.47 bits per heavy atom. The summed E-state index contributed by atoms with van der Waals surface area (Å²) in [4.78, 5) is 16.7. The summed E-state index contributed by atoms with van der Waals surface area (Å²) in [5, 5.41) is 9.15. The van der Waals surface area contributed by atoms with Crippen molar-refractivity contribution in [2.75, 3.05) is 18.4 Å². The molecule has 0 bridgehead atoms. The molecule has 1 spiro atoms. The Bertz CT molecular complexity index is 598. The zero-order chi connectivity index (χ0) is 12.9. The van der Waals surface area contributed by atoms with Gasteiger partial charge in [0.05, 0.1) is 5.52 Å². The lowest BCUT2D eigenvalue weighted by molar-refractivity contribution is -0.118. The smallest absolute Gasteiger partial charge is 0.229 e. The zero-order valence-electron chi connectivity index (χ0n) is 10.4. The minimum absolute atomic E-state index is 0.170. The molecule has 1 amide bonds. The molecule has 2 fully saturated rings. The van der Waals surface area contributed by atoms with E-state index in [-0.39, 0.29) is 11.8 Å². The summed E-state index contributed by atoms with van der Waals surface area (Å²) in [6.07, 6.45) is 3.33. The number of fused-ring (bicyclic) bond motifs is 1. The molecule has 19 heavy (non-hydrogen) atoms. The van der Waals surface area contributed by atoms with Crippen LogP contribution in [0.3, 0.4) is 0 Å². The summed E-state index contributed by atoms with van der Waals surface area (Å²) in [6.45, 7) is 2.10. The first-order chi connectivity index (χ1) is 9.27. The summed E-state index contributed by atoms with van der Waals surface area (Å²) in [7, 11) is 0. The highest BCUT2D eigenvalue weighted by atomic mass is 32.2. The Morgan fingerprint density at radius 3 is 3.11 bits per heavy atom. The van der Waals surface area contributed by atoms with Crippen LogP contribution in [-0.4, -0.2) is 24.0 Å². The summed E-state index contributed by atoms with van der Waals surface area (Å²) in [5.74, 6) is 0.375. The Labute approximate surface area is 119 Å². The van der Waals surface area contributed by atoms with Gasteiger partial charge in [-0.3, -0.25) is 4.79 Å². The van der Waals surface area contributed by atoms with Crippen LogP contribution in [0.5, 0.6) is 0 Å². The number of piperidine rings is 1. The second-order valence-electron chi connectivity index (χ2n) is 5.47. The lowest BCUT2D eigenvalue weighted by atomic mass is 9.92. The minimum Gasteiger partial charge on any atom is -0.317 e. The largest absolute Gasteiger partial charge is 0.317 e. The number of hydrogen-bond acceptors (Lipinski definition) is 5. The molecule has 2 aromatic heterocycles. The molecule has 100 valence electrons. The molecular formula is C13H15N3OS2. The van der Waals surface area contributed by atoms with Crippen LogP contribution in [0.4, 0.5) is 5.13 Å². The minimum atomic E-state index is 0.170. The maximum Gasteiger partial charge on any atom is 0.229 e. The predicted octanol–water partition coefficient (Wildman–Crippen LogP) is 2.69. The predicted molar refractivity (Wildman–Crippen MR) is 78.8 cm³/mol. The van der Waals surface area contributed by atoms with Crippen LogP contribution in [0.2, 0.25) is 0 Å². The molecule has 2 N–H and O–H groups in total. The van der Waals surface area contributed by atoms with Gasteiger partial charge >= 0.3 is 0 Å². The lowest BCUT2D eigenvalue weighted by Crippen LogP contribution is -2.31. The molecule has 0 aromatic carbocycles. The van der Waals surface area contributed by atoms with Crippen molar-refractivity contribution in [1.29, 1.82) is 0 Å². The van der Waals surface area contributed by atoms with Crippen molar-refractivity contribution >= 4 is 43.2 Å². The monoisotopic (exact) mass is 293 g/mol. The number of amides is 1. The number of anilines is 1. The average Bonchev–Trinajstić information content (AvgIpc) is 2.74. The van der Waals surface area contributed by atoms with E-state index >= 15 is 0 Å². The second-order valence-corrected chi connectivity index (χ2v) is 7.64. The molecule has 4 nitrogen and oxygen atoms in total. The third-order valence-corrected chi connectivity index (χ3v) is 6.37. The molecule has 1 saturated heterocycles. The van der Waals surface area contributed by atoms with Crippen molar-refractivity contribution in [2.45, 2.75) is 19.3 Å². The molecule has 1 atom stereocenters. The van der Waals surface area contributed by atoms with E-state index < -0.39 is 0 Å². The molecule has 3 heterocycles. The fourth-order valence-electron chi connectivity index (χ4n) is 3.11. The first kappa shape index (κ1) is 11.8. The molecule has 1 unspecified atom stereocenters. The Hall–Kier alpha value is -0.980. The van der Waals surface area contributed by atoms with Gasteiger partial charge in [0.2, 0.25) is 5.91 Å². The summed E-state index contributed by atoms with van der Waals surface area (Å²) in [5.41, 5.74) is 1.29. The molecule has 4 rings (SSSR count). The molecule has 2 aliphatic rings. The molecular weight excluding hydrogens is 278 g/mol. The number of carbonyl (C=O) groups is 1. The van der Waals surface area contributed by atoms with Gasteiger partial charge in [-0.25, -0.2) is 4.98 Å². The molecule has 6 heteroatoms. The van der Waals surface area contributed by atoms with Crippen LogP contribution < -0.4 is 10.6 Å². The van der Waals surface area contributed by atoms with E-state index in [0.29, 0.717) is 5.41 Å². The maximum absolute atomic E-state index is 12.3. The van der Waals surface area contributed by atoms with Crippen molar-refractivity contribution in [3.05, 3.63) is 11.4 Å². The van der Waals surface area contributed by atoms with Gasteiger partial charge in [0.1, 0.15) is 4.01 Å². The van der Waals surface area contributed by atoms with Crippen LogP contribution in [0, 0.1) is 11.3 Å². The van der Waals surface area contributed by atoms with E-state index in [2.05, 4.69) is 15.6 Å². The van der Waals surface area contributed by atoms with Gasteiger partial charge in [0, 0.05) is 5.92 Å². The topological polar surface area (TPSA) is 54.0 Å². The van der Waals surface area contributed by atoms with Gasteiger partial charge in [0.15, 0.2) is 5.13 Å². The van der Waals surface area contributed by atoms with Crippen molar-refractivity contribution < 1.29 is 4.79 Å². The Balaban J connectivity index is 1.46. The first-order valence-electron chi connectivity index (χ1n) is 6.62. The third kappa shape index (κ3) is 1.98. The first-order valence-corrected chi connectivity index (χ1v) is 8.32. The van der Waals surface area contributed by atoms with Crippen molar-refractivity contribution in [3.8, 4) is 0 Å². The number of aromatic nitrogens is 1. The van der Waals surface area contributed by atoms with Gasteiger partial charge in [0.25, 0.3) is 0 Å². The summed E-state index contributed by atoms with van der Waals surface area (Å²) >= 11 is 3.25. The number of thiazole rings is 1. The highest BCUT2D eigenvalue weighted by Crippen LogP contribution is 2.58. The third-order valence-electron chi connectivity index (χ3n) is 4.36. The van der Waals surface area contributed by atoms with E-state index in [0.717, 1.165) is 43.0 Å². The van der Waals surface area contributed by atoms with Crippen LogP contribution in [0.15, 0.2) is 11.4 Å². The van der Waals surface area contributed by atoms with E-state index in [1.807, 2.05) is 11.4 Å². The van der Waals surface area contributed by atoms with Gasteiger partial charge < -0.3 is 10.6 Å². The fraction of sp³-hybridized carbons (Fsp3) is 0.538. The SMILES string of the molecule is O=C(Nc1nc2ccsc2s1)C1CC12CCNCC2. The van der Waals surface area contributed by atoms with Crippen LogP contribution in [-0.2, 0) is 4.79 Å². The average molecular weight is 293 g/mol. The van der Waals surface area contributed by atoms with E-state index in [4.69, 9.17) is 0 Å². The molecule has 0 radical (unpaired) electrons.